The summed E-state index contributed by atoms with van der Waals surface area (Å²) in [7, 11) is 0. The molecule has 88 valence electrons. The van der Waals surface area contributed by atoms with E-state index in [1.807, 2.05) is 23.9 Å². The summed E-state index contributed by atoms with van der Waals surface area (Å²) in [5.74, 6) is 2.97. The number of carbonyl (C=O) groups excluding carboxylic acids is 1. The van der Waals surface area contributed by atoms with Crippen molar-refractivity contribution in [1.82, 2.24) is 10.6 Å². The third-order valence-electron chi connectivity index (χ3n) is 2.49. The number of hydrogen-bond acceptors (Lipinski definition) is 4. The number of hydrogen-bond donors (Lipinski definition) is 2. The Labute approximate surface area is 99.2 Å². The van der Waals surface area contributed by atoms with E-state index in [0.29, 0.717) is 6.54 Å². The van der Waals surface area contributed by atoms with Crippen LogP contribution in [0.25, 0.3) is 0 Å². The lowest BCUT2D eigenvalue weighted by Gasteiger charge is -2.22. The molecule has 1 saturated heterocycles. The highest BCUT2D eigenvalue weighted by atomic mass is 32.2. The molecule has 1 aromatic rings. The Kier molecular flexibility index (Phi) is 4.30. The van der Waals surface area contributed by atoms with Gasteiger partial charge >= 0.3 is 0 Å². The van der Waals surface area contributed by atoms with E-state index in [1.54, 1.807) is 6.26 Å². The molecule has 0 spiro atoms. The van der Waals surface area contributed by atoms with E-state index in [2.05, 4.69) is 10.6 Å². The summed E-state index contributed by atoms with van der Waals surface area (Å²) in [6.45, 7) is 1.55. The van der Waals surface area contributed by atoms with Gasteiger partial charge in [0.15, 0.2) is 0 Å². The maximum absolute atomic E-state index is 11.7. The van der Waals surface area contributed by atoms with Crippen LogP contribution in [0.1, 0.15) is 5.76 Å². The summed E-state index contributed by atoms with van der Waals surface area (Å²) in [6.07, 6.45) is 2.40. The molecule has 1 atom stereocenters. The fourth-order valence-corrected chi connectivity index (χ4v) is 2.55. The Morgan fingerprint density at radius 2 is 2.62 bits per heavy atom. The average Bonchev–Trinajstić information content (AvgIpc) is 2.83. The zero-order valence-electron chi connectivity index (χ0n) is 9.07. The van der Waals surface area contributed by atoms with Gasteiger partial charge in [0.1, 0.15) is 5.76 Å². The quantitative estimate of drug-likeness (QED) is 0.811. The Morgan fingerprint density at radius 1 is 1.69 bits per heavy atom. The van der Waals surface area contributed by atoms with Crippen molar-refractivity contribution in [3.05, 3.63) is 24.2 Å². The van der Waals surface area contributed by atoms with Gasteiger partial charge in [0.05, 0.1) is 12.3 Å². The van der Waals surface area contributed by atoms with E-state index in [-0.39, 0.29) is 11.9 Å². The van der Waals surface area contributed by atoms with Crippen LogP contribution in [0, 0.1) is 0 Å². The summed E-state index contributed by atoms with van der Waals surface area (Å²) in [5.41, 5.74) is 0. The fourth-order valence-electron chi connectivity index (χ4n) is 1.62. The molecule has 1 unspecified atom stereocenters. The second-order valence-corrected chi connectivity index (χ2v) is 4.85. The molecule has 0 saturated carbocycles. The van der Waals surface area contributed by atoms with Crippen molar-refractivity contribution in [2.24, 2.45) is 0 Å². The molecule has 5 heteroatoms. The fraction of sp³-hybridized carbons (Fsp3) is 0.545. The first-order chi connectivity index (χ1) is 7.86. The molecule has 1 fully saturated rings. The van der Waals surface area contributed by atoms with Crippen molar-refractivity contribution in [2.45, 2.75) is 12.5 Å². The van der Waals surface area contributed by atoms with Crippen LogP contribution in [-0.4, -0.2) is 36.5 Å². The van der Waals surface area contributed by atoms with E-state index >= 15 is 0 Å². The first-order valence-electron chi connectivity index (χ1n) is 5.47. The van der Waals surface area contributed by atoms with E-state index in [9.17, 15) is 4.79 Å². The third kappa shape index (κ3) is 3.28. The van der Waals surface area contributed by atoms with Gasteiger partial charge in [0, 0.05) is 31.0 Å². The molecule has 1 aliphatic rings. The number of thioether (sulfide) groups is 1. The maximum atomic E-state index is 11.7. The van der Waals surface area contributed by atoms with Crippen LogP contribution in [0.2, 0.25) is 0 Å². The van der Waals surface area contributed by atoms with Gasteiger partial charge in [-0.15, -0.1) is 0 Å². The van der Waals surface area contributed by atoms with Crippen molar-refractivity contribution < 1.29 is 9.21 Å². The van der Waals surface area contributed by atoms with Crippen molar-refractivity contribution in [2.75, 3.05) is 24.6 Å². The number of nitrogens with one attached hydrogen (secondary N) is 2. The summed E-state index contributed by atoms with van der Waals surface area (Å²) in [4.78, 5) is 11.7. The lowest BCUT2D eigenvalue weighted by atomic mass is 10.3. The third-order valence-corrected chi connectivity index (χ3v) is 3.55. The van der Waals surface area contributed by atoms with Crippen LogP contribution in [0.15, 0.2) is 22.8 Å². The number of carbonyl (C=O) groups is 1. The van der Waals surface area contributed by atoms with Crippen LogP contribution in [0.5, 0.6) is 0 Å². The van der Waals surface area contributed by atoms with Crippen LogP contribution < -0.4 is 10.6 Å². The standard InChI is InChI=1S/C11H16N2O2S/c14-11(10-8-16-7-5-12-10)13-4-3-9-2-1-6-15-9/h1-2,6,10,12H,3-5,7-8H2,(H,13,14). The normalized spacial score (nSPS) is 20.6. The van der Waals surface area contributed by atoms with Gasteiger partial charge in [-0.2, -0.15) is 11.8 Å². The molecule has 1 aromatic heterocycles. The molecule has 16 heavy (non-hydrogen) atoms. The summed E-state index contributed by atoms with van der Waals surface area (Å²) in [5, 5.41) is 6.12. The Balaban J connectivity index is 1.67. The minimum Gasteiger partial charge on any atom is -0.469 e. The van der Waals surface area contributed by atoms with Crippen molar-refractivity contribution >= 4 is 17.7 Å². The summed E-state index contributed by atoms with van der Waals surface area (Å²) >= 11 is 1.82. The monoisotopic (exact) mass is 240 g/mol. The van der Waals surface area contributed by atoms with Gasteiger partial charge in [0.25, 0.3) is 0 Å². The summed E-state index contributed by atoms with van der Waals surface area (Å²) < 4.78 is 5.19. The highest BCUT2D eigenvalue weighted by Gasteiger charge is 2.20. The van der Waals surface area contributed by atoms with Gasteiger partial charge in [0.2, 0.25) is 5.91 Å². The molecular formula is C11H16N2O2S. The molecule has 0 aromatic carbocycles. The summed E-state index contributed by atoms with van der Waals surface area (Å²) in [6, 6.07) is 3.74. The second kappa shape index (κ2) is 5.96. The predicted octanol–water partition coefficient (Wildman–Crippen LogP) is 0.643. The van der Waals surface area contributed by atoms with Gasteiger partial charge < -0.3 is 15.1 Å². The number of amides is 1. The van der Waals surface area contributed by atoms with Gasteiger partial charge in [-0.25, -0.2) is 0 Å². The van der Waals surface area contributed by atoms with E-state index in [1.165, 1.54) is 0 Å². The van der Waals surface area contributed by atoms with Crippen LogP contribution >= 0.6 is 11.8 Å². The van der Waals surface area contributed by atoms with Crippen molar-refractivity contribution in [1.29, 1.82) is 0 Å². The van der Waals surface area contributed by atoms with Crippen molar-refractivity contribution in [3.63, 3.8) is 0 Å². The van der Waals surface area contributed by atoms with E-state index in [0.717, 1.165) is 30.2 Å². The predicted molar refractivity (Wildman–Crippen MR) is 64.5 cm³/mol. The number of rotatable bonds is 4. The molecule has 0 radical (unpaired) electrons. The average molecular weight is 240 g/mol. The highest BCUT2D eigenvalue weighted by Crippen LogP contribution is 2.07. The molecule has 2 heterocycles. The van der Waals surface area contributed by atoms with Gasteiger partial charge in [-0.1, -0.05) is 0 Å². The molecular weight excluding hydrogens is 224 g/mol. The molecule has 1 aliphatic heterocycles. The highest BCUT2D eigenvalue weighted by molar-refractivity contribution is 7.99. The Morgan fingerprint density at radius 3 is 3.31 bits per heavy atom. The number of furan rings is 1. The smallest absolute Gasteiger partial charge is 0.238 e. The molecule has 0 bridgehead atoms. The Hall–Kier alpha value is -0.940. The zero-order valence-corrected chi connectivity index (χ0v) is 9.89. The second-order valence-electron chi connectivity index (χ2n) is 3.70. The van der Waals surface area contributed by atoms with Crippen LogP contribution in [0.4, 0.5) is 0 Å². The van der Waals surface area contributed by atoms with Gasteiger partial charge in [-0.3, -0.25) is 4.79 Å². The maximum Gasteiger partial charge on any atom is 0.238 e. The lowest BCUT2D eigenvalue weighted by molar-refractivity contribution is -0.122. The van der Waals surface area contributed by atoms with E-state index in [4.69, 9.17) is 4.42 Å². The molecule has 2 N–H and O–H groups in total. The molecule has 4 nitrogen and oxygen atoms in total. The van der Waals surface area contributed by atoms with Crippen LogP contribution in [-0.2, 0) is 11.2 Å². The molecule has 1 amide bonds. The molecule has 0 aliphatic carbocycles. The SMILES string of the molecule is O=C(NCCc1ccco1)C1CSCCN1. The van der Waals surface area contributed by atoms with E-state index < -0.39 is 0 Å². The molecule has 2 rings (SSSR count). The lowest BCUT2D eigenvalue weighted by Crippen LogP contribution is -2.49. The zero-order chi connectivity index (χ0) is 11.2. The van der Waals surface area contributed by atoms with Crippen molar-refractivity contribution in [3.8, 4) is 0 Å². The first kappa shape index (κ1) is 11.5. The minimum atomic E-state index is -0.0321. The van der Waals surface area contributed by atoms with Crippen LogP contribution in [0.3, 0.4) is 0 Å². The van der Waals surface area contributed by atoms with Gasteiger partial charge in [-0.05, 0) is 12.1 Å². The topological polar surface area (TPSA) is 54.3 Å². The first-order valence-corrected chi connectivity index (χ1v) is 6.63. The Bertz CT molecular complexity index is 321. The minimum absolute atomic E-state index is 0.0321. The largest absolute Gasteiger partial charge is 0.469 e.